The summed E-state index contributed by atoms with van der Waals surface area (Å²) in [7, 11) is 0. The summed E-state index contributed by atoms with van der Waals surface area (Å²) >= 11 is 0. The molecule has 0 radical (unpaired) electrons. The van der Waals surface area contributed by atoms with E-state index in [0.29, 0.717) is 23.7 Å². The number of carbonyl (C=O) groups is 2. The molecule has 1 heterocycles. The second kappa shape index (κ2) is 8.20. The van der Waals surface area contributed by atoms with E-state index in [1.54, 1.807) is 29.2 Å². The topological polar surface area (TPSA) is 67.9 Å². The third-order valence-electron chi connectivity index (χ3n) is 3.84. The van der Waals surface area contributed by atoms with Crippen LogP contribution < -0.4 is 19.7 Å². The minimum atomic E-state index is -0.167. The Hall–Kier alpha value is -3.28. The van der Waals surface area contributed by atoms with Gasteiger partial charge in [-0.15, -0.1) is 6.58 Å². The molecule has 0 bridgehead atoms. The zero-order valence-electron chi connectivity index (χ0n) is 14.3. The second-order valence-corrected chi connectivity index (χ2v) is 5.72. The van der Waals surface area contributed by atoms with E-state index in [1.165, 1.54) is 0 Å². The fraction of sp³-hybridized carbons (Fsp3) is 0.200. The molecule has 26 heavy (non-hydrogen) atoms. The molecule has 0 saturated heterocycles. The summed E-state index contributed by atoms with van der Waals surface area (Å²) in [5.41, 5.74) is 1.22. The summed E-state index contributed by atoms with van der Waals surface area (Å²) in [6.07, 6.45) is 1.87. The first kappa shape index (κ1) is 17.5. The molecule has 0 unspecified atom stereocenters. The Morgan fingerprint density at radius 3 is 2.85 bits per heavy atom. The summed E-state index contributed by atoms with van der Waals surface area (Å²) in [4.78, 5) is 25.7. The Kier molecular flexibility index (Phi) is 5.53. The van der Waals surface area contributed by atoms with Crippen molar-refractivity contribution in [1.82, 2.24) is 0 Å². The lowest BCUT2D eigenvalue weighted by molar-refractivity contribution is -0.121. The molecule has 0 saturated carbocycles. The smallest absolute Gasteiger partial charge is 0.265 e. The normalized spacial score (nSPS) is 12.8. The predicted molar refractivity (Wildman–Crippen MR) is 99.7 cm³/mol. The quantitative estimate of drug-likeness (QED) is 0.778. The third kappa shape index (κ3) is 4.22. The van der Waals surface area contributed by atoms with Crippen LogP contribution in [0.1, 0.15) is 6.42 Å². The lowest BCUT2D eigenvalue weighted by Gasteiger charge is -2.28. The Morgan fingerprint density at radius 2 is 2.08 bits per heavy atom. The first-order valence-electron chi connectivity index (χ1n) is 8.33. The molecule has 0 atom stereocenters. The van der Waals surface area contributed by atoms with E-state index in [1.807, 2.05) is 30.3 Å². The van der Waals surface area contributed by atoms with Gasteiger partial charge in [0.15, 0.2) is 6.61 Å². The van der Waals surface area contributed by atoms with Gasteiger partial charge in [-0.05, 0) is 30.3 Å². The number of fused-ring (bicyclic) bond motifs is 1. The van der Waals surface area contributed by atoms with Gasteiger partial charge in [-0.3, -0.25) is 9.59 Å². The zero-order valence-corrected chi connectivity index (χ0v) is 14.3. The van der Waals surface area contributed by atoms with Crippen LogP contribution >= 0.6 is 0 Å². The summed E-state index contributed by atoms with van der Waals surface area (Å²) in [5.74, 6) is 1.03. The van der Waals surface area contributed by atoms with Gasteiger partial charge in [0.05, 0.1) is 18.7 Å². The van der Waals surface area contributed by atoms with E-state index in [0.717, 1.165) is 5.75 Å². The summed E-state index contributed by atoms with van der Waals surface area (Å²) in [6, 6.07) is 14.6. The van der Waals surface area contributed by atoms with E-state index >= 15 is 0 Å². The monoisotopic (exact) mass is 352 g/mol. The Balaban J connectivity index is 1.60. The van der Waals surface area contributed by atoms with Crippen molar-refractivity contribution in [3.63, 3.8) is 0 Å². The molecule has 134 valence electrons. The number of carbonyl (C=O) groups excluding carboxylic acids is 2. The lowest BCUT2D eigenvalue weighted by atomic mass is 10.2. The van der Waals surface area contributed by atoms with Gasteiger partial charge in [-0.1, -0.05) is 24.3 Å². The van der Waals surface area contributed by atoms with Crippen LogP contribution in [-0.4, -0.2) is 31.6 Å². The van der Waals surface area contributed by atoms with Gasteiger partial charge in [0.2, 0.25) is 5.91 Å². The largest absolute Gasteiger partial charge is 0.493 e. The molecule has 0 aromatic heterocycles. The van der Waals surface area contributed by atoms with Crippen molar-refractivity contribution >= 4 is 23.2 Å². The fourth-order valence-corrected chi connectivity index (χ4v) is 2.61. The number of anilines is 2. The van der Waals surface area contributed by atoms with E-state index in [2.05, 4.69) is 11.9 Å². The third-order valence-corrected chi connectivity index (χ3v) is 3.84. The highest BCUT2D eigenvalue weighted by Gasteiger charge is 2.24. The number of ether oxygens (including phenoxy) is 2. The maximum atomic E-state index is 12.1. The standard InChI is InChI=1S/C20H20N2O4/c1-2-11-22-17-13-15(8-9-18(17)26-14-20(22)24)21-19(23)10-12-25-16-6-4-3-5-7-16/h2-9,13H,1,10-12,14H2,(H,21,23). The molecule has 6 nitrogen and oxygen atoms in total. The molecule has 1 aliphatic heterocycles. The number of benzene rings is 2. The lowest BCUT2D eigenvalue weighted by Crippen LogP contribution is -2.38. The Bertz CT molecular complexity index is 805. The van der Waals surface area contributed by atoms with Gasteiger partial charge < -0.3 is 19.7 Å². The maximum Gasteiger partial charge on any atom is 0.265 e. The molecule has 1 N–H and O–H groups in total. The van der Waals surface area contributed by atoms with Crippen molar-refractivity contribution in [3.8, 4) is 11.5 Å². The fourth-order valence-electron chi connectivity index (χ4n) is 2.61. The van der Waals surface area contributed by atoms with E-state index in [4.69, 9.17) is 9.47 Å². The number of para-hydroxylation sites is 1. The van der Waals surface area contributed by atoms with E-state index < -0.39 is 0 Å². The van der Waals surface area contributed by atoms with Crippen molar-refractivity contribution in [3.05, 3.63) is 61.2 Å². The van der Waals surface area contributed by atoms with Crippen LogP contribution in [0.2, 0.25) is 0 Å². The molecule has 0 aliphatic carbocycles. The highest BCUT2D eigenvalue weighted by molar-refractivity contribution is 5.99. The van der Waals surface area contributed by atoms with Crippen LogP contribution in [0.25, 0.3) is 0 Å². The molecule has 3 rings (SSSR count). The molecule has 0 fully saturated rings. The molecule has 0 spiro atoms. The Labute approximate surface area is 152 Å². The van der Waals surface area contributed by atoms with Gasteiger partial charge in [0, 0.05) is 12.2 Å². The van der Waals surface area contributed by atoms with Crippen molar-refractivity contribution < 1.29 is 19.1 Å². The minimum absolute atomic E-state index is 0.00334. The van der Waals surface area contributed by atoms with Gasteiger partial charge in [0.25, 0.3) is 5.91 Å². The van der Waals surface area contributed by atoms with E-state index in [9.17, 15) is 9.59 Å². The summed E-state index contributed by atoms with van der Waals surface area (Å²) in [6.45, 7) is 4.35. The molecular formula is C20H20N2O4. The van der Waals surface area contributed by atoms with Crippen molar-refractivity contribution in [2.45, 2.75) is 6.42 Å². The Morgan fingerprint density at radius 1 is 1.27 bits per heavy atom. The van der Waals surface area contributed by atoms with Crippen LogP contribution in [0, 0.1) is 0 Å². The van der Waals surface area contributed by atoms with Crippen LogP contribution in [0.5, 0.6) is 11.5 Å². The van der Waals surface area contributed by atoms with Crippen LogP contribution in [0.4, 0.5) is 11.4 Å². The van der Waals surface area contributed by atoms with Crippen LogP contribution in [0.3, 0.4) is 0 Å². The highest BCUT2D eigenvalue weighted by atomic mass is 16.5. The number of nitrogens with zero attached hydrogens (tertiary/aromatic N) is 1. The predicted octanol–water partition coefficient (Wildman–Crippen LogP) is 3.01. The second-order valence-electron chi connectivity index (χ2n) is 5.72. The van der Waals surface area contributed by atoms with Crippen molar-refractivity contribution in [2.75, 3.05) is 30.0 Å². The number of hydrogen-bond donors (Lipinski definition) is 1. The molecule has 2 aromatic carbocycles. The first-order valence-corrected chi connectivity index (χ1v) is 8.33. The number of hydrogen-bond acceptors (Lipinski definition) is 4. The van der Waals surface area contributed by atoms with Crippen LogP contribution in [0.15, 0.2) is 61.2 Å². The van der Waals surface area contributed by atoms with Crippen LogP contribution in [-0.2, 0) is 9.59 Å². The molecule has 1 aliphatic rings. The zero-order chi connectivity index (χ0) is 18.4. The average molecular weight is 352 g/mol. The van der Waals surface area contributed by atoms with Crippen molar-refractivity contribution in [2.24, 2.45) is 0 Å². The highest BCUT2D eigenvalue weighted by Crippen LogP contribution is 2.34. The van der Waals surface area contributed by atoms with E-state index in [-0.39, 0.29) is 31.4 Å². The van der Waals surface area contributed by atoms with Gasteiger partial charge in [0.1, 0.15) is 11.5 Å². The van der Waals surface area contributed by atoms with Crippen molar-refractivity contribution in [1.29, 1.82) is 0 Å². The molecule has 2 aromatic rings. The number of nitrogens with one attached hydrogen (secondary N) is 1. The van der Waals surface area contributed by atoms with Gasteiger partial charge in [-0.2, -0.15) is 0 Å². The molecule has 2 amide bonds. The number of rotatable bonds is 7. The number of amides is 2. The summed E-state index contributed by atoms with van der Waals surface area (Å²) < 4.78 is 11.0. The van der Waals surface area contributed by atoms with Gasteiger partial charge in [-0.25, -0.2) is 0 Å². The maximum absolute atomic E-state index is 12.1. The average Bonchev–Trinajstić information content (AvgIpc) is 2.65. The summed E-state index contributed by atoms with van der Waals surface area (Å²) in [5, 5.41) is 2.82. The SMILES string of the molecule is C=CCN1C(=O)COc2ccc(NC(=O)CCOc3ccccc3)cc21. The van der Waals surface area contributed by atoms with Gasteiger partial charge >= 0.3 is 0 Å². The molecule has 6 heteroatoms. The first-order chi connectivity index (χ1) is 12.7. The molecular weight excluding hydrogens is 332 g/mol. The minimum Gasteiger partial charge on any atom is -0.493 e.